The standard InChI is InChI=1S/C13H9ClN2O5/c1-20-13(19)9-8-10(21-15-9)12(18)16(11(8)17)7-4-2-6(14)3-5-7/h2-5,10,15H,1H3. The second kappa shape index (κ2) is 4.87. The number of ether oxygens (including phenoxy) is 1. The molecule has 0 radical (unpaired) electrons. The zero-order chi connectivity index (χ0) is 15.1. The van der Waals surface area contributed by atoms with E-state index in [1.807, 2.05) is 0 Å². The minimum absolute atomic E-state index is 0.0539. The first-order valence-electron chi connectivity index (χ1n) is 5.92. The number of anilines is 1. The van der Waals surface area contributed by atoms with Crippen molar-refractivity contribution in [1.82, 2.24) is 5.48 Å². The van der Waals surface area contributed by atoms with E-state index >= 15 is 0 Å². The Balaban J connectivity index is 2.04. The Hall–Kier alpha value is -2.38. The summed E-state index contributed by atoms with van der Waals surface area (Å²) >= 11 is 5.78. The molecule has 1 unspecified atom stereocenters. The predicted octanol–water partition coefficient (Wildman–Crippen LogP) is 0.544. The zero-order valence-electron chi connectivity index (χ0n) is 10.8. The van der Waals surface area contributed by atoms with Crippen molar-refractivity contribution in [2.24, 2.45) is 0 Å². The maximum absolute atomic E-state index is 12.4. The maximum atomic E-state index is 12.4. The van der Waals surface area contributed by atoms with Crippen molar-refractivity contribution >= 4 is 35.1 Å². The van der Waals surface area contributed by atoms with Gasteiger partial charge < -0.3 is 4.74 Å². The van der Waals surface area contributed by atoms with Crippen molar-refractivity contribution in [2.45, 2.75) is 6.10 Å². The molecule has 1 aromatic carbocycles. The molecular formula is C13H9ClN2O5. The van der Waals surface area contributed by atoms with Crippen LogP contribution >= 0.6 is 11.6 Å². The highest BCUT2D eigenvalue weighted by Gasteiger charge is 2.52. The number of hydrogen-bond acceptors (Lipinski definition) is 6. The number of halogens is 1. The Morgan fingerprint density at radius 3 is 2.62 bits per heavy atom. The quantitative estimate of drug-likeness (QED) is 0.634. The summed E-state index contributed by atoms with van der Waals surface area (Å²) in [5.41, 5.74) is 2.41. The minimum Gasteiger partial charge on any atom is -0.464 e. The van der Waals surface area contributed by atoms with E-state index in [-0.39, 0.29) is 11.3 Å². The van der Waals surface area contributed by atoms with Crippen molar-refractivity contribution in [3.05, 3.63) is 40.6 Å². The number of carbonyl (C=O) groups excluding carboxylic acids is 3. The van der Waals surface area contributed by atoms with Crippen LogP contribution in [0.4, 0.5) is 5.69 Å². The highest BCUT2D eigenvalue weighted by atomic mass is 35.5. The number of carbonyl (C=O) groups is 3. The number of amides is 2. The van der Waals surface area contributed by atoms with E-state index < -0.39 is 23.9 Å². The number of benzene rings is 1. The third kappa shape index (κ3) is 1.98. The molecule has 2 amide bonds. The molecule has 1 fully saturated rings. The second-order valence-corrected chi connectivity index (χ2v) is 4.77. The number of rotatable bonds is 2. The average Bonchev–Trinajstić information content (AvgIpc) is 3.01. The molecule has 21 heavy (non-hydrogen) atoms. The molecule has 1 saturated heterocycles. The van der Waals surface area contributed by atoms with E-state index in [0.717, 1.165) is 4.90 Å². The molecule has 2 aliphatic rings. The number of methoxy groups -OCH3 is 1. The molecule has 0 bridgehead atoms. The lowest BCUT2D eigenvalue weighted by Gasteiger charge is -2.15. The van der Waals surface area contributed by atoms with E-state index in [9.17, 15) is 14.4 Å². The molecule has 0 aliphatic carbocycles. The van der Waals surface area contributed by atoms with Gasteiger partial charge in [-0.1, -0.05) is 11.6 Å². The van der Waals surface area contributed by atoms with Crippen molar-refractivity contribution in [3.63, 3.8) is 0 Å². The largest absolute Gasteiger partial charge is 0.464 e. The minimum atomic E-state index is -1.15. The van der Waals surface area contributed by atoms with Crippen molar-refractivity contribution in [3.8, 4) is 0 Å². The second-order valence-electron chi connectivity index (χ2n) is 4.34. The highest BCUT2D eigenvalue weighted by molar-refractivity contribution is 6.33. The normalized spacial score (nSPS) is 20.7. The molecule has 3 rings (SSSR count). The van der Waals surface area contributed by atoms with Crippen LogP contribution in [0.25, 0.3) is 0 Å². The molecule has 2 aliphatic heterocycles. The molecular weight excluding hydrogens is 300 g/mol. The summed E-state index contributed by atoms with van der Waals surface area (Å²) in [4.78, 5) is 42.2. The van der Waals surface area contributed by atoms with Gasteiger partial charge in [-0.2, -0.15) is 0 Å². The van der Waals surface area contributed by atoms with Crippen molar-refractivity contribution in [2.75, 3.05) is 12.0 Å². The number of fused-ring (bicyclic) bond motifs is 1. The van der Waals surface area contributed by atoms with Gasteiger partial charge in [0.05, 0.1) is 18.4 Å². The van der Waals surface area contributed by atoms with E-state index in [4.69, 9.17) is 16.4 Å². The Bertz CT molecular complexity index is 682. The molecule has 1 atom stereocenters. The molecule has 0 aromatic heterocycles. The monoisotopic (exact) mass is 308 g/mol. The number of esters is 1. The smallest absolute Gasteiger partial charge is 0.357 e. The van der Waals surface area contributed by atoms with Crippen LogP contribution in [0.5, 0.6) is 0 Å². The first kappa shape index (κ1) is 13.6. The zero-order valence-corrected chi connectivity index (χ0v) is 11.5. The molecule has 8 heteroatoms. The van der Waals surface area contributed by atoms with Gasteiger partial charge >= 0.3 is 5.97 Å². The Morgan fingerprint density at radius 2 is 2.00 bits per heavy atom. The molecule has 0 saturated carbocycles. The maximum Gasteiger partial charge on any atom is 0.357 e. The Kier molecular flexibility index (Phi) is 3.15. The average molecular weight is 309 g/mol. The van der Waals surface area contributed by atoms with Crippen LogP contribution in [-0.4, -0.2) is 31.0 Å². The van der Waals surface area contributed by atoms with Gasteiger partial charge in [0.25, 0.3) is 11.8 Å². The van der Waals surface area contributed by atoms with Gasteiger partial charge in [-0.3, -0.25) is 19.9 Å². The number of nitrogens with zero attached hydrogens (tertiary/aromatic N) is 1. The van der Waals surface area contributed by atoms with Gasteiger partial charge in [-0.05, 0) is 24.3 Å². The third-order valence-electron chi connectivity index (χ3n) is 3.16. The molecule has 1 aromatic rings. The summed E-state index contributed by atoms with van der Waals surface area (Å²) in [6.45, 7) is 0. The third-order valence-corrected chi connectivity index (χ3v) is 3.41. The number of hydrogen-bond donors (Lipinski definition) is 1. The molecule has 7 nitrogen and oxygen atoms in total. The van der Waals surface area contributed by atoms with Gasteiger partial charge in [0.1, 0.15) is 0 Å². The predicted molar refractivity (Wildman–Crippen MR) is 71.0 cm³/mol. The SMILES string of the molecule is COC(=O)C1=C2C(=O)N(c3ccc(Cl)cc3)C(=O)C2ON1. The Morgan fingerprint density at radius 1 is 1.33 bits per heavy atom. The van der Waals surface area contributed by atoms with Crippen LogP contribution in [0.2, 0.25) is 5.02 Å². The highest BCUT2D eigenvalue weighted by Crippen LogP contribution is 2.33. The molecule has 108 valence electrons. The number of hydroxylamine groups is 1. The van der Waals surface area contributed by atoms with E-state index in [1.54, 1.807) is 12.1 Å². The molecule has 2 heterocycles. The van der Waals surface area contributed by atoms with Gasteiger partial charge in [0.15, 0.2) is 11.8 Å². The van der Waals surface area contributed by atoms with E-state index in [2.05, 4.69) is 10.2 Å². The van der Waals surface area contributed by atoms with Crippen LogP contribution in [-0.2, 0) is 24.0 Å². The van der Waals surface area contributed by atoms with Crippen LogP contribution in [0, 0.1) is 0 Å². The lowest BCUT2D eigenvalue weighted by Crippen LogP contribution is -2.35. The van der Waals surface area contributed by atoms with Gasteiger partial charge in [-0.15, -0.1) is 0 Å². The van der Waals surface area contributed by atoms with Gasteiger partial charge in [-0.25, -0.2) is 9.69 Å². The fraction of sp³-hybridized carbons (Fsp3) is 0.154. The van der Waals surface area contributed by atoms with E-state index in [0.29, 0.717) is 10.7 Å². The van der Waals surface area contributed by atoms with Crippen LogP contribution < -0.4 is 10.4 Å². The lowest BCUT2D eigenvalue weighted by atomic mass is 10.1. The lowest BCUT2D eigenvalue weighted by molar-refractivity contribution is -0.139. The summed E-state index contributed by atoms with van der Waals surface area (Å²) in [7, 11) is 1.17. The Labute approximate surface area is 124 Å². The van der Waals surface area contributed by atoms with Crippen molar-refractivity contribution in [1.29, 1.82) is 0 Å². The summed E-state index contributed by atoms with van der Waals surface area (Å²) in [5.74, 6) is -1.98. The fourth-order valence-corrected chi connectivity index (χ4v) is 2.31. The van der Waals surface area contributed by atoms with Crippen LogP contribution in [0.15, 0.2) is 35.5 Å². The number of imide groups is 1. The van der Waals surface area contributed by atoms with Gasteiger partial charge in [0, 0.05) is 5.02 Å². The first-order chi connectivity index (χ1) is 10.0. The summed E-state index contributed by atoms with van der Waals surface area (Å²) in [6, 6.07) is 6.18. The van der Waals surface area contributed by atoms with E-state index in [1.165, 1.54) is 19.2 Å². The van der Waals surface area contributed by atoms with Crippen molar-refractivity contribution < 1.29 is 24.0 Å². The summed E-state index contributed by atoms with van der Waals surface area (Å²) < 4.78 is 4.54. The first-order valence-corrected chi connectivity index (χ1v) is 6.30. The van der Waals surface area contributed by atoms with Crippen LogP contribution in [0.3, 0.4) is 0 Å². The molecule has 0 spiro atoms. The van der Waals surface area contributed by atoms with Gasteiger partial charge in [0.2, 0.25) is 0 Å². The topological polar surface area (TPSA) is 84.9 Å². The summed E-state index contributed by atoms with van der Waals surface area (Å²) in [6.07, 6.45) is -1.15. The fourth-order valence-electron chi connectivity index (χ4n) is 2.18. The van der Waals surface area contributed by atoms with Crippen LogP contribution in [0.1, 0.15) is 0 Å². The molecule has 1 N–H and O–H groups in total. The number of nitrogens with one attached hydrogen (secondary N) is 1. The summed E-state index contributed by atoms with van der Waals surface area (Å²) in [5, 5.41) is 0.477.